The van der Waals surface area contributed by atoms with Gasteiger partial charge in [-0.25, -0.2) is 4.98 Å². The number of hydrogen-bond acceptors (Lipinski definition) is 6. The van der Waals surface area contributed by atoms with E-state index in [9.17, 15) is 0 Å². The molecule has 0 unspecified atom stereocenters. The third-order valence-corrected chi connectivity index (χ3v) is 6.04. The number of ether oxygens (including phenoxy) is 1. The van der Waals surface area contributed by atoms with E-state index in [-0.39, 0.29) is 0 Å². The third-order valence-electron chi connectivity index (χ3n) is 6.04. The largest absolute Gasteiger partial charge is 0.381 e. The summed E-state index contributed by atoms with van der Waals surface area (Å²) in [5.74, 6) is 1.77. The number of rotatable bonds is 3. The van der Waals surface area contributed by atoms with E-state index in [1.165, 1.54) is 45.1 Å². The van der Waals surface area contributed by atoms with Crippen molar-refractivity contribution in [1.82, 2.24) is 14.9 Å². The second kappa shape index (κ2) is 7.87. The van der Waals surface area contributed by atoms with Crippen molar-refractivity contribution in [3.8, 4) is 0 Å². The van der Waals surface area contributed by atoms with Crippen LogP contribution in [0.25, 0.3) is 0 Å². The van der Waals surface area contributed by atoms with Crippen molar-refractivity contribution in [1.29, 1.82) is 0 Å². The number of nitrogens with zero attached hydrogens (tertiary/aromatic N) is 4. The molecule has 3 heterocycles. The average Bonchev–Trinajstić information content (AvgIpc) is 3.06. The summed E-state index contributed by atoms with van der Waals surface area (Å²) in [7, 11) is 0. The molecule has 2 N–H and O–H groups in total. The molecule has 1 aromatic heterocycles. The van der Waals surface area contributed by atoms with Gasteiger partial charge in [-0.2, -0.15) is 4.98 Å². The monoisotopic (exact) mass is 345 g/mol. The fourth-order valence-corrected chi connectivity index (χ4v) is 4.59. The zero-order valence-electron chi connectivity index (χ0n) is 15.2. The smallest absolute Gasteiger partial charge is 0.222 e. The summed E-state index contributed by atoms with van der Waals surface area (Å²) < 4.78 is 5.52. The minimum absolute atomic E-state index is 0.370. The topological polar surface area (TPSA) is 67.5 Å². The maximum absolute atomic E-state index is 6.02. The van der Waals surface area contributed by atoms with E-state index < -0.39 is 0 Å². The molecule has 6 nitrogen and oxygen atoms in total. The molecule has 2 aliphatic heterocycles. The highest BCUT2D eigenvalue weighted by Crippen LogP contribution is 2.28. The maximum atomic E-state index is 6.02. The zero-order valence-corrected chi connectivity index (χ0v) is 15.2. The van der Waals surface area contributed by atoms with Crippen molar-refractivity contribution < 1.29 is 4.74 Å². The van der Waals surface area contributed by atoms with Gasteiger partial charge in [-0.05, 0) is 25.7 Å². The Morgan fingerprint density at radius 2 is 1.84 bits per heavy atom. The first-order chi connectivity index (χ1) is 12.3. The summed E-state index contributed by atoms with van der Waals surface area (Å²) in [6.45, 7) is 6.02. The van der Waals surface area contributed by atoms with E-state index in [4.69, 9.17) is 10.5 Å². The van der Waals surface area contributed by atoms with E-state index in [0.717, 1.165) is 56.8 Å². The number of nitrogens with two attached hydrogens (primary N) is 1. The summed E-state index contributed by atoms with van der Waals surface area (Å²) in [6, 6.07) is 2.95. The van der Waals surface area contributed by atoms with Gasteiger partial charge in [0.05, 0.1) is 12.3 Å². The Morgan fingerprint density at radius 3 is 2.64 bits per heavy atom. The van der Waals surface area contributed by atoms with Crippen LogP contribution in [-0.2, 0) is 4.74 Å². The van der Waals surface area contributed by atoms with Crippen molar-refractivity contribution >= 4 is 11.8 Å². The maximum Gasteiger partial charge on any atom is 0.222 e. The highest BCUT2D eigenvalue weighted by molar-refractivity contribution is 5.44. The summed E-state index contributed by atoms with van der Waals surface area (Å²) in [6.07, 6.45) is 9.22. The molecule has 2 saturated heterocycles. The van der Waals surface area contributed by atoms with Gasteiger partial charge in [0.2, 0.25) is 5.95 Å². The second-order valence-electron chi connectivity index (χ2n) is 7.74. The molecule has 0 amide bonds. The second-order valence-corrected chi connectivity index (χ2v) is 7.74. The molecular weight excluding hydrogens is 314 g/mol. The first-order valence-corrected chi connectivity index (χ1v) is 10.0. The summed E-state index contributed by atoms with van der Waals surface area (Å²) in [5.41, 5.74) is 7.07. The first-order valence-electron chi connectivity index (χ1n) is 10.0. The SMILES string of the molecule is Nc1nc([C@H]2CCOC2)cc(N2CCCN(C3CCCCC3)CC2)n1. The molecule has 0 spiro atoms. The van der Waals surface area contributed by atoms with Crippen LogP contribution in [0.1, 0.15) is 56.6 Å². The van der Waals surface area contributed by atoms with Crippen LogP contribution >= 0.6 is 0 Å². The van der Waals surface area contributed by atoms with Gasteiger partial charge in [-0.1, -0.05) is 19.3 Å². The molecule has 1 atom stereocenters. The van der Waals surface area contributed by atoms with E-state index in [1.807, 2.05) is 0 Å². The molecular formula is C19H31N5O. The highest BCUT2D eigenvalue weighted by Gasteiger charge is 2.25. The van der Waals surface area contributed by atoms with Crippen LogP contribution in [0.2, 0.25) is 0 Å². The highest BCUT2D eigenvalue weighted by atomic mass is 16.5. The molecule has 6 heteroatoms. The van der Waals surface area contributed by atoms with Crippen molar-refractivity contribution in [2.24, 2.45) is 0 Å². The molecule has 4 rings (SSSR count). The number of anilines is 2. The van der Waals surface area contributed by atoms with Crippen molar-refractivity contribution in [2.75, 3.05) is 50.0 Å². The van der Waals surface area contributed by atoms with Crippen LogP contribution in [0, 0.1) is 0 Å². The van der Waals surface area contributed by atoms with Gasteiger partial charge in [0.15, 0.2) is 0 Å². The molecule has 0 aromatic carbocycles. The van der Waals surface area contributed by atoms with E-state index in [1.54, 1.807) is 0 Å². The fourth-order valence-electron chi connectivity index (χ4n) is 4.59. The van der Waals surface area contributed by atoms with Gasteiger partial charge in [0.25, 0.3) is 0 Å². The first kappa shape index (κ1) is 17.0. The molecule has 0 bridgehead atoms. The van der Waals surface area contributed by atoms with Crippen molar-refractivity contribution in [3.63, 3.8) is 0 Å². The van der Waals surface area contributed by atoms with Crippen molar-refractivity contribution in [2.45, 2.75) is 56.9 Å². The Balaban J connectivity index is 1.44. The Hall–Kier alpha value is -1.40. The van der Waals surface area contributed by atoms with Gasteiger partial charge in [0.1, 0.15) is 5.82 Å². The van der Waals surface area contributed by atoms with Crippen LogP contribution in [0.15, 0.2) is 6.07 Å². The van der Waals surface area contributed by atoms with E-state index in [2.05, 4.69) is 25.8 Å². The number of aromatic nitrogens is 2. The predicted molar refractivity (Wildman–Crippen MR) is 99.9 cm³/mol. The van der Waals surface area contributed by atoms with Gasteiger partial charge >= 0.3 is 0 Å². The quantitative estimate of drug-likeness (QED) is 0.907. The summed E-state index contributed by atoms with van der Waals surface area (Å²) in [5, 5.41) is 0. The molecule has 3 fully saturated rings. The minimum atomic E-state index is 0.370. The lowest BCUT2D eigenvalue weighted by molar-refractivity contribution is 0.166. The Labute approximate surface area is 150 Å². The molecule has 0 radical (unpaired) electrons. The molecule has 25 heavy (non-hydrogen) atoms. The van der Waals surface area contributed by atoms with Crippen LogP contribution in [0.3, 0.4) is 0 Å². The Morgan fingerprint density at radius 1 is 0.960 bits per heavy atom. The van der Waals surface area contributed by atoms with E-state index in [0.29, 0.717) is 11.9 Å². The number of nitrogen functional groups attached to an aromatic ring is 1. The lowest BCUT2D eigenvalue weighted by atomic mass is 9.94. The van der Waals surface area contributed by atoms with Crippen LogP contribution in [0.5, 0.6) is 0 Å². The fraction of sp³-hybridized carbons (Fsp3) is 0.789. The minimum Gasteiger partial charge on any atom is -0.381 e. The Bertz CT molecular complexity index is 569. The molecule has 3 aliphatic rings. The lowest BCUT2D eigenvalue weighted by Crippen LogP contribution is -2.39. The number of hydrogen-bond donors (Lipinski definition) is 1. The normalized spacial score (nSPS) is 26.7. The average molecular weight is 345 g/mol. The van der Waals surface area contributed by atoms with Crippen LogP contribution < -0.4 is 10.6 Å². The molecule has 1 aromatic rings. The third kappa shape index (κ3) is 4.06. The Kier molecular flexibility index (Phi) is 5.36. The van der Waals surface area contributed by atoms with Crippen molar-refractivity contribution in [3.05, 3.63) is 11.8 Å². The standard InChI is InChI=1S/C19H31N5O/c20-19-21-17(15-7-12-25-14-15)13-18(22-19)24-9-4-8-23(10-11-24)16-5-2-1-3-6-16/h13,15-16H,1-12,14H2,(H2,20,21,22)/t15-/m0/s1. The molecule has 1 aliphatic carbocycles. The zero-order chi connectivity index (χ0) is 17.1. The van der Waals surface area contributed by atoms with Crippen LogP contribution in [0.4, 0.5) is 11.8 Å². The van der Waals surface area contributed by atoms with Gasteiger partial charge in [-0.3, -0.25) is 4.90 Å². The van der Waals surface area contributed by atoms with Gasteiger partial charge in [0, 0.05) is 50.8 Å². The summed E-state index contributed by atoms with van der Waals surface area (Å²) in [4.78, 5) is 14.1. The summed E-state index contributed by atoms with van der Waals surface area (Å²) >= 11 is 0. The lowest BCUT2D eigenvalue weighted by Gasteiger charge is -2.33. The predicted octanol–water partition coefficient (Wildman–Crippen LogP) is 2.41. The van der Waals surface area contributed by atoms with Gasteiger partial charge in [-0.15, -0.1) is 0 Å². The van der Waals surface area contributed by atoms with E-state index >= 15 is 0 Å². The molecule has 1 saturated carbocycles. The molecule has 138 valence electrons. The van der Waals surface area contributed by atoms with Crippen LogP contribution in [-0.4, -0.2) is 60.3 Å². The van der Waals surface area contributed by atoms with Gasteiger partial charge < -0.3 is 15.4 Å².